The van der Waals surface area contributed by atoms with Gasteiger partial charge in [0.1, 0.15) is 3.82 Å². The van der Waals surface area contributed by atoms with Gasteiger partial charge < -0.3 is 4.90 Å². The van der Waals surface area contributed by atoms with E-state index in [1.54, 1.807) is 20.7 Å². The number of nitrogens with zero attached hydrogens (tertiary/aromatic N) is 2. The maximum Gasteiger partial charge on any atom is 0.241 e. The lowest BCUT2D eigenvalue weighted by Crippen LogP contribution is -2.51. The van der Waals surface area contributed by atoms with Crippen molar-refractivity contribution in [3.05, 3.63) is 33.0 Å². The van der Waals surface area contributed by atoms with Crippen LogP contribution in [-0.2, 0) is 10.3 Å². The predicted octanol–water partition coefficient (Wildman–Crippen LogP) is 5.27. The lowest BCUT2D eigenvalue weighted by molar-refractivity contribution is -0.121. The van der Waals surface area contributed by atoms with Crippen molar-refractivity contribution in [2.45, 2.75) is 38.6 Å². The lowest BCUT2D eigenvalue weighted by atomic mass is 9.87. The van der Waals surface area contributed by atoms with E-state index in [0.29, 0.717) is 6.54 Å². The van der Waals surface area contributed by atoms with Crippen molar-refractivity contribution in [2.75, 3.05) is 24.5 Å². The van der Waals surface area contributed by atoms with Gasteiger partial charge in [0.25, 0.3) is 0 Å². The van der Waals surface area contributed by atoms with Gasteiger partial charge in [-0.25, -0.2) is 0 Å². The standard InChI is InChI=1S/C19H22N2OS3/c1-19(2)17-16(18(23)25-24-17)13-8-4-5-9-14(13)21(19)15(22)12-20-10-6-3-7-11-20/h4-5,8-9H,3,6-7,10-12H2,1-2H3. The third-order valence-corrected chi connectivity index (χ3v) is 8.55. The quantitative estimate of drug-likeness (QED) is 0.515. The molecule has 25 heavy (non-hydrogen) atoms. The van der Waals surface area contributed by atoms with E-state index in [9.17, 15) is 4.79 Å². The molecule has 2 aliphatic rings. The first-order valence-corrected chi connectivity index (χ1v) is 11.3. The highest BCUT2D eigenvalue weighted by atomic mass is 32.9. The van der Waals surface area contributed by atoms with E-state index >= 15 is 0 Å². The number of rotatable bonds is 2. The molecule has 1 aromatic heterocycles. The van der Waals surface area contributed by atoms with Gasteiger partial charge in [0, 0.05) is 11.1 Å². The predicted molar refractivity (Wildman–Crippen MR) is 109 cm³/mol. The maximum atomic E-state index is 13.3. The van der Waals surface area contributed by atoms with Gasteiger partial charge in [0.15, 0.2) is 0 Å². The fraction of sp³-hybridized carbons (Fsp3) is 0.474. The van der Waals surface area contributed by atoms with Crippen LogP contribution in [0, 0.1) is 3.82 Å². The topological polar surface area (TPSA) is 23.6 Å². The summed E-state index contributed by atoms with van der Waals surface area (Å²) in [6.07, 6.45) is 3.68. The number of carbonyl (C=O) groups excluding carboxylic acids is 1. The largest absolute Gasteiger partial charge is 0.300 e. The second kappa shape index (κ2) is 6.58. The SMILES string of the molecule is CC1(C)c2ssc(=S)c2-c2ccccc2N1C(=O)CN1CCCCC1. The van der Waals surface area contributed by atoms with Gasteiger partial charge in [-0.2, -0.15) is 0 Å². The summed E-state index contributed by atoms with van der Waals surface area (Å²) in [7, 11) is 3.36. The number of benzene rings is 1. The second-order valence-corrected chi connectivity index (χ2v) is 10.1. The summed E-state index contributed by atoms with van der Waals surface area (Å²) in [5, 5.41) is 0. The van der Waals surface area contributed by atoms with Gasteiger partial charge in [-0.05, 0) is 45.8 Å². The summed E-state index contributed by atoms with van der Waals surface area (Å²) in [6.45, 7) is 6.86. The van der Waals surface area contributed by atoms with Crippen molar-refractivity contribution in [1.29, 1.82) is 0 Å². The van der Waals surface area contributed by atoms with Gasteiger partial charge in [0.2, 0.25) is 5.91 Å². The average molecular weight is 391 g/mol. The van der Waals surface area contributed by atoms with Gasteiger partial charge in [-0.1, -0.05) is 57.5 Å². The van der Waals surface area contributed by atoms with Crippen molar-refractivity contribution in [2.24, 2.45) is 0 Å². The summed E-state index contributed by atoms with van der Waals surface area (Å²) >= 11 is 5.60. The third kappa shape index (κ3) is 2.89. The van der Waals surface area contributed by atoms with E-state index in [-0.39, 0.29) is 11.4 Å². The molecular weight excluding hydrogens is 368 g/mol. The van der Waals surface area contributed by atoms with Gasteiger partial charge in [-0.15, -0.1) is 0 Å². The Morgan fingerprint density at radius 1 is 1.16 bits per heavy atom. The zero-order chi connectivity index (χ0) is 17.6. The smallest absolute Gasteiger partial charge is 0.241 e. The molecule has 1 amide bonds. The first kappa shape index (κ1) is 17.3. The Kier molecular flexibility index (Phi) is 4.56. The molecule has 2 aromatic rings. The molecule has 0 saturated carbocycles. The average Bonchev–Trinajstić information content (AvgIpc) is 2.99. The van der Waals surface area contributed by atoms with Crippen molar-refractivity contribution in [3.63, 3.8) is 0 Å². The lowest BCUT2D eigenvalue weighted by Gasteiger charge is -2.43. The summed E-state index contributed by atoms with van der Waals surface area (Å²) in [5.41, 5.74) is 2.90. The molecule has 0 bridgehead atoms. The Balaban J connectivity index is 1.77. The van der Waals surface area contributed by atoms with Crippen LogP contribution in [0.15, 0.2) is 24.3 Å². The summed E-state index contributed by atoms with van der Waals surface area (Å²) in [5.74, 6) is 0.189. The van der Waals surface area contributed by atoms with Gasteiger partial charge in [-0.3, -0.25) is 9.69 Å². The zero-order valence-corrected chi connectivity index (χ0v) is 17.0. The molecule has 132 valence electrons. The second-order valence-electron chi connectivity index (χ2n) is 7.30. The highest BCUT2D eigenvalue weighted by molar-refractivity contribution is 7.80. The molecule has 3 nitrogen and oxygen atoms in total. The van der Waals surface area contributed by atoms with Crippen molar-refractivity contribution in [1.82, 2.24) is 4.90 Å². The monoisotopic (exact) mass is 390 g/mol. The van der Waals surface area contributed by atoms with Crippen LogP contribution in [0.2, 0.25) is 0 Å². The molecule has 1 saturated heterocycles. The van der Waals surface area contributed by atoms with Crippen LogP contribution < -0.4 is 4.90 Å². The van der Waals surface area contributed by atoms with E-state index in [1.165, 1.54) is 24.1 Å². The van der Waals surface area contributed by atoms with Crippen molar-refractivity contribution >= 4 is 44.5 Å². The van der Waals surface area contributed by atoms with E-state index in [2.05, 4.69) is 30.9 Å². The molecule has 2 aliphatic heterocycles. The highest BCUT2D eigenvalue weighted by Gasteiger charge is 2.42. The molecule has 0 atom stereocenters. The molecule has 1 aromatic carbocycles. The molecule has 0 radical (unpaired) electrons. The van der Waals surface area contributed by atoms with Crippen LogP contribution in [0.25, 0.3) is 11.1 Å². The Morgan fingerprint density at radius 2 is 1.88 bits per heavy atom. The van der Waals surface area contributed by atoms with Gasteiger partial charge >= 0.3 is 0 Å². The first-order chi connectivity index (χ1) is 12.0. The van der Waals surface area contributed by atoms with Crippen molar-refractivity contribution in [3.8, 4) is 11.1 Å². The number of likely N-dealkylation sites (tertiary alicyclic amines) is 1. The fourth-order valence-electron chi connectivity index (χ4n) is 4.00. The molecule has 1 fully saturated rings. The number of anilines is 1. The summed E-state index contributed by atoms with van der Waals surface area (Å²) in [6, 6.07) is 8.20. The minimum absolute atomic E-state index is 0.189. The number of piperidine rings is 1. The van der Waals surface area contributed by atoms with Crippen LogP contribution in [0.3, 0.4) is 0 Å². The normalized spacial score (nSPS) is 19.4. The fourth-order valence-corrected chi connectivity index (χ4v) is 7.29. The maximum absolute atomic E-state index is 13.3. The minimum Gasteiger partial charge on any atom is -0.300 e. The number of fused-ring (bicyclic) bond motifs is 3. The summed E-state index contributed by atoms with van der Waals surface area (Å²) in [4.78, 5) is 18.9. The van der Waals surface area contributed by atoms with Crippen LogP contribution in [-0.4, -0.2) is 30.4 Å². The number of hydrogen-bond donors (Lipinski definition) is 0. The van der Waals surface area contributed by atoms with E-state index in [4.69, 9.17) is 12.2 Å². The van der Waals surface area contributed by atoms with E-state index in [1.807, 2.05) is 17.0 Å². The number of carbonyl (C=O) groups is 1. The van der Waals surface area contributed by atoms with Crippen LogP contribution in [0.5, 0.6) is 0 Å². The number of amides is 1. The van der Waals surface area contributed by atoms with Gasteiger partial charge in [0.05, 0.1) is 22.6 Å². The Labute approximate surface area is 161 Å². The Morgan fingerprint density at radius 3 is 2.64 bits per heavy atom. The Hall–Kier alpha value is -1.08. The van der Waals surface area contributed by atoms with Crippen LogP contribution in [0.1, 0.15) is 38.0 Å². The van der Waals surface area contributed by atoms with Crippen LogP contribution >= 0.6 is 32.9 Å². The van der Waals surface area contributed by atoms with E-state index in [0.717, 1.165) is 33.7 Å². The number of hydrogen-bond acceptors (Lipinski definition) is 5. The summed E-state index contributed by atoms with van der Waals surface area (Å²) < 4.78 is 0.934. The molecular formula is C19H22N2OS3. The van der Waals surface area contributed by atoms with E-state index < -0.39 is 0 Å². The third-order valence-electron chi connectivity index (χ3n) is 5.22. The highest BCUT2D eigenvalue weighted by Crippen LogP contribution is 2.51. The molecule has 0 N–H and O–H groups in total. The molecule has 4 rings (SSSR count). The molecule has 6 heteroatoms. The van der Waals surface area contributed by atoms with Crippen LogP contribution in [0.4, 0.5) is 5.69 Å². The zero-order valence-electron chi connectivity index (χ0n) is 14.6. The Bertz CT molecular complexity index is 862. The first-order valence-electron chi connectivity index (χ1n) is 8.78. The molecule has 0 aliphatic carbocycles. The van der Waals surface area contributed by atoms with Crippen molar-refractivity contribution < 1.29 is 4.79 Å². The molecule has 3 heterocycles. The minimum atomic E-state index is -0.366. The number of para-hydroxylation sites is 1. The molecule has 0 unspecified atom stereocenters. The molecule has 0 spiro atoms.